The zero-order valence-corrected chi connectivity index (χ0v) is 14.6. The standard InChI is InChI=1S/C16H20N4O4S/c1-25(23,24)12-7-8-14(16(11-12)20(21)22)18-13-5-2-3-6-15(13)19-10-4-9-17-19/h4,7-11,13,15,18H,2-3,5-6H2,1H3. The summed E-state index contributed by atoms with van der Waals surface area (Å²) < 4.78 is 25.2. The summed E-state index contributed by atoms with van der Waals surface area (Å²) in [7, 11) is -3.50. The van der Waals surface area contributed by atoms with E-state index in [1.54, 1.807) is 6.20 Å². The van der Waals surface area contributed by atoms with Gasteiger partial charge in [0.1, 0.15) is 5.69 Å². The Balaban J connectivity index is 1.92. The molecule has 1 heterocycles. The summed E-state index contributed by atoms with van der Waals surface area (Å²) in [5.41, 5.74) is 0.106. The van der Waals surface area contributed by atoms with Crippen LogP contribution in [0.25, 0.3) is 0 Å². The number of hydrogen-bond donors (Lipinski definition) is 1. The molecule has 1 saturated carbocycles. The van der Waals surface area contributed by atoms with Crippen molar-refractivity contribution in [3.63, 3.8) is 0 Å². The zero-order chi connectivity index (χ0) is 18.0. The number of hydrogen-bond acceptors (Lipinski definition) is 6. The van der Waals surface area contributed by atoms with Crippen LogP contribution in [0.3, 0.4) is 0 Å². The van der Waals surface area contributed by atoms with Crippen LogP contribution in [0, 0.1) is 10.1 Å². The molecule has 0 spiro atoms. The number of benzene rings is 1. The number of nitrogens with one attached hydrogen (secondary N) is 1. The Morgan fingerprint density at radius 3 is 2.72 bits per heavy atom. The number of nitrogens with zero attached hydrogens (tertiary/aromatic N) is 3. The maximum atomic E-state index is 11.7. The number of nitro groups is 1. The van der Waals surface area contributed by atoms with Gasteiger partial charge in [0.15, 0.2) is 9.84 Å². The third-order valence-corrected chi connectivity index (χ3v) is 5.64. The highest BCUT2D eigenvalue weighted by atomic mass is 32.2. The molecule has 2 aromatic rings. The van der Waals surface area contributed by atoms with E-state index in [9.17, 15) is 18.5 Å². The number of anilines is 1. The van der Waals surface area contributed by atoms with Crippen molar-refractivity contribution < 1.29 is 13.3 Å². The van der Waals surface area contributed by atoms with Gasteiger partial charge in [-0.1, -0.05) is 12.8 Å². The third-order valence-electron chi connectivity index (χ3n) is 4.53. The topological polar surface area (TPSA) is 107 Å². The fraction of sp³-hybridized carbons (Fsp3) is 0.438. The van der Waals surface area contributed by atoms with Crippen molar-refractivity contribution in [3.8, 4) is 0 Å². The van der Waals surface area contributed by atoms with Gasteiger partial charge < -0.3 is 5.32 Å². The van der Waals surface area contributed by atoms with Gasteiger partial charge in [-0.05, 0) is 31.0 Å². The molecule has 9 heteroatoms. The molecule has 1 fully saturated rings. The van der Waals surface area contributed by atoms with E-state index in [0.717, 1.165) is 38.0 Å². The molecule has 1 N–H and O–H groups in total. The highest BCUT2D eigenvalue weighted by Crippen LogP contribution is 2.34. The maximum Gasteiger partial charge on any atom is 0.293 e. The van der Waals surface area contributed by atoms with E-state index in [1.807, 2.05) is 16.9 Å². The molecule has 0 amide bonds. The fourth-order valence-corrected chi connectivity index (χ4v) is 3.93. The Morgan fingerprint density at radius 2 is 2.08 bits per heavy atom. The first-order chi connectivity index (χ1) is 11.9. The van der Waals surface area contributed by atoms with Crippen LogP contribution in [0.1, 0.15) is 31.7 Å². The number of rotatable bonds is 5. The first-order valence-electron chi connectivity index (χ1n) is 8.10. The van der Waals surface area contributed by atoms with Crippen LogP contribution in [0.5, 0.6) is 0 Å². The zero-order valence-electron chi connectivity index (χ0n) is 13.8. The molecule has 1 aromatic heterocycles. The Kier molecular flexibility index (Phi) is 4.76. The fourth-order valence-electron chi connectivity index (χ4n) is 3.29. The quantitative estimate of drug-likeness (QED) is 0.646. The van der Waals surface area contributed by atoms with Gasteiger partial charge in [-0.25, -0.2) is 8.42 Å². The Morgan fingerprint density at radius 1 is 1.32 bits per heavy atom. The lowest BCUT2D eigenvalue weighted by atomic mass is 9.90. The summed E-state index contributed by atoms with van der Waals surface area (Å²) in [5, 5.41) is 19.0. The van der Waals surface area contributed by atoms with E-state index in [1.165, 1.54) is 12.1 Å². The monoisotopic (exact) mass is 364 g/mol. The van der Waals surface area contributed by atoms with Gasteiger partial charge in [0.05, 0.1) is 15.9 Å². The van der Waals surface area contributed by atoms with E-state index >= 15 is 0 Å². The lowest BCUT2D eigenvalue weighted by Crippen LogP contribution is -2.34. The average Bonchev–Trinajstić information content (AvgIpc) is 3.09. The van der Waals surface area contributed by atoms with Crippen LogP contribution in [0.15, 0.2) is 41.6 Å². The molecular weight excluding hydrogens is 344 g/mol. The van der Waals surface area contributed by atoms with Crippen LogP contribution < -0.4 is 5.32 Å². The van der Waals surface area contributed by atoms with Crippen LogP contribution in [0.2, 0.25) is 0 Å². The largest absolute Gasteiger partial charge is 0.375 e. The van der Waals surface area contributed by atoms with E-state index < -0.39 is 14.8 Å². The second-order valence-corrected chi connectivity index (χ2v) is 8.31. The van der Waals surface area contributed by atoms with Gasteiger partial charge in [0.2, 0.25) is 0 Å². The lowest BCUT2D eigenvalue weighted by molar-refractivity contribution is -0.384. The number of nitro benzene ring substituents is 1. The van der Waals surface area contributed by atoms with E-state index in [4.69, 9.17) is 0 Å². The minimum absolute atomic E-state index is 0.00330. The maximum absolute atomic E-state index is 11.7. The molecule has 134 valence electrons. The molecule has 3 rings (SSSR count). The summed E-state index contributed by atoms with van der Waals surface area (Å²) in [6.07, 6.45) is 8.57. The molecule has 25 heavy (non-hydrogen) atoms. The minimum atomic E-state index is -3.50. The van der Waals surface area contributed by atoms with E-state index in [-0.39, 0.29) is 22.7 Å². The van der Waals surface area contributed by atoms with Gasteiger partial charge in [-0.2, -0.15) is 5.10 Å². The molecule has 2 unspecified atom stereocenters. The second kappa shape index (κ2) is 6.83. The summed E-state index contributed by atoms with van der Waals surface area (Å²) >= 11 is 0. The summed E-state index contributed by atoms with van der Waals surface area (Å²) in [6.45, 7) is 0. The normalized spacial score (nSPS) is 21.0. The van der Waals surface area contributed by atoms with Crippen molar-refractivity contribution in [2.75, 3.05) is 11.6 Å². The van der Waals surface area contributed by atoms with E-state index in [2.05, 4.69) is 10.4 Å². The van der Waals surface area contributed by atoms with Gasteiger partial charge in [0, 0.05) is 30.8 Å². The molecular formula is C16H20N4O4S. The summed E-state index contributed by atoms with van der Waals surface area (Å²) in [6, 6.07) is 5.95. The molecule has 0 saturated heterocycles. The SMILES string of the molecule is CS(=O)(=O)c1ccc(NC2CCCCC2n2cccn2)c([N+](=O)[O-])c1. The van der Waals surface area contributed by atoms with Crippen molar-refractivity contribution in [2.45, 2.75) is 42.7 Å². The molecule has 1 aliphatic rings. The molecule has 8 nitrogen and oxygen atoms in total. The van der Waals surface area contributed by atoms with Crippen molar-refractivity contribution in [1.82, 2.24) is 9.78 Å². The Bertz CT molecular complexity index is 864. The second-order valence-electron chi connectivity index (χ2n) is 6.30. The third kappa shape index (κ3) is 3.81. The smallest absolute Gasteiger partial charge is 0.293 e. The molecule has 0 radical (unpaired) electrons. The summed E-state index contributed by atoms with van der Waals surface area (Å²) in [5.74, 6) is 0. The number of sulfone groups is 1. The molecule has 0 bridgehead atoms. The van der Waals surface area contributed by atoms with Gasteiger partial charge in [-0.15, -0.1) is 0 Å². The molecule has 2 atom stereocenters. The average molecular weight is 364 g/mol. The predicted octanol–water partition coefficient (Wildman–Crippen LogP) is 2.79. The predicted molar refractivity (Wildman–Crippen MR) is 93.3 cm³/mol. The first kappa shape index (κ1) is 17.4. The van der Waals surface area contributed by atoms with Gasteiger partial charge >= 0.3 is 0 Å². The van der Waals surface area contributed by atoms with Crippen LogP contribution in [-0.4, -0.2) is 35.4 Å². The highest BCUT2D eigenvalue weighted by Gasteiger charge is 2.29. The van der Waals surface area contributed by atoms with Crippen molar-refractivity contribution in [3.05, 3.63) is 46.8 Å². The highest BCUT2D eigenvalue weighted by molar-refractivity contribution is 7.90. The van der Waals surface area contributed by atoms with Crippen molar-refractivity contribution in [2.24, 2.45) is 0 Å². The van der Waals surface area contributed by atoms with Crippen LogP contribution in [-0.2, 0) is 9.84 Å². The Hall–Kier alpha value is -2.42. The van der Waals surface area contributed by atoms with Gasteiger partial charge in [0.25, 0.3) is 5.69 Å². The minimum Gasteiger partial charge on any atom is -0.375 e. The van der Waals surface area contributed by atoms with E-state index in [0.29, 0.717) is 5.69 Å². The van der Waals surface area contributed by atoms with Crippen molar-refractivity contribution >= 4 is 21.2 Å². The van der Waals surface area contributed by atoms with Crippen LogP contribution in [0.4, 0.5) is 11.4 Å². The Labute approximate surface area is 145 Å². The van der Waals surface area contributed by atoms with Crippen LogP contribution >= 0.6 is 0 Å². The summed E-state index contributed by atoms with van der Waals surface area (Å²) in [4.78, 5) is 10.8. The van der Waals surface area contributed by atoms with Crippen molar-refractivity contribution in [1.29, 1.82) is 0 Å². The molecule has 1 aliphatic carbocycles. The van der Waals surface area contributed by atoms with Gasteiger partial charge in [-0.3, -0.25) is 14.8 Å². The molecule has 0 aliphatic heterocycles. The number of aromatic nitrogens is 2. The lowest BCUT2D eigenvalue weighted by Gasteiger charge is -2.33. The molecule has 1 aromatic carbocycles. The first-order valence-corrected chi connectivity index (χ1v) is 9.99.